The highest BCUT2D eigenvalue weighted by molar-refractivity contribution is 8.08. The smallest absolute Gasteiger partial charge is 0.328 e. The number of carbonyl (C=O) groups excluding carboxylic acids is 2. The Morgan fingerprint density at radius 3 is 1.77 bits per heavy atom. The van der Waals surface area contributed by atoms with Crippen molar-refractivity contribution in [3.8, 4) is 0 Å². The van der Waals surface area contributed by atoms with Gasteiger partial charge in [-0.3, -0.25) is 9.59 Å². The molecular weight excluding hydrogens is 216 g/mol. The van der Waals surface area contributed by atoms with Gasteiger partial charge < -0.3 is 14.9 Å². The molecule has 2 saturated heterocycles. The Hall–Kier alpha value is -0.240. The van der Waals surface area contributed by atoms with Crippen LogP contribution in [-0.2, 0) is 14.3 Å². The third kappa shape index (κ3) is 1.45. The number of thioether (sulfide) groups is 2. The third-order valence-corrected chi connectivity index (χ3v) is 4.69. The number of aliphatic hydroxyl groups excluding tert-OH is 2. The van der Waals surface area contributed by atoms with Crippen molar-refractivity contribution in [1.29, 1.82) is 0 Å². The topological polar surface area (TPSA) is 83.8 Å². The van der Waals surface area contributed by atoms with E-state index >= 15 is 0 Å². The molecule has 2 fully saturated rings. The van der Waals surface area contributed by atoms with Gasteiger partial charge in [-0.15, -0.1) is 23.5 Å². The number of rotatable bonds is 0. The summed E-state index contributed by atoms with van der Waals surface area (Å²) in [6.45, 7) is 0. The van der Waals surface area contributed by atoms with Gasteiger partial charge in [-0.05, 0) is 0 Å². The molecule has 0 saturated carbocycles. The summed E-state index contributed by atoms with van der Waals surface area (Å²) in [5.41, 5.74) is -2.07. The zero-order chi connectivity index (χ0) is 9.59. The van der Waals surface area contributed by atoms with E-state index in [2.05, 4.69) is 4.74 Å². The van der Waals surface area contributed by atoms with E-state index in [0.29, 0.717) is 0 Å². The number of esters is 2. The number of cyclic esters (lactones) is 2. The second-order valence-corrected chi connectivity index (χ2v) is 5.16. The van der Waals surface area contributed by atoms with Crippen LogP contribution in [0.25, 0.3) is 0 Å². The summed E-state index contributed by atoms with van der Waals surface area (Å²) in [6, 6.07) is 0. The van der Waals surface area contributed by atoms with E-state index in [1.54, 1.807) is 0 Å². The predicted molar refractivity (Wildman–Crippen MR) is 45.9 cm³/mol. The largest absolute Gasteiger partial charge is 0.391 e. The van der Waals surface area contributed by atoms with Gasteiger partial charge in [-0.2, -0.15) is 0 Å². The first-order valence-corrected chi connectivity index (χ1v) is 5.41. The normalized spacial score (nSPS) is 44.5. The molecule has 2 heterocycles. The maximum Gasteiger partial charge on any atom is 0.328 e. The van der Waals surface area contributed by atoms with E-state index in [1.807, 2.05) is 0 Å². The summed E-state index contributed by atoms with van der Waals surface area (Å²) in [6.07, 6.45) is 0. The van der Waals surface area contributed by atoms with E-state index in [1.165, 1.54) is 0 Å². The molecule has 0 bridgehead atoms. The summed E-state index contributed by atoms with van der Waals surface area (Å²) in [7, 11) is 0. The minimum Gasteiger partial charge on any atom is -0.391 e. The van der Waals surface area contributed by atoms with E-state index < -0.39 is 33.3 Å². The SMILES string of the molecule is O=C1OC(=O)C2SC(O)C(O)SC12. The number of ether oxygens (including phenoxy) is 1. The van der Waals surface area contributed by atoms with Crippen molar-refractivity contribution in [3.05, 3.63) is 0 Å². The van der Waals surface area contributed by atoms with Crippen molar-refractivity contribution in [2.45, 2.75) is 21.4 Å². The molecule has 0 aromatic heterocycles. The second kappa shape index (κ2) is 3.16. The lowest BCUT2D eigenvalue weighted by molar-refractivity contribution is -0.151. The minimum absolute atomic E-state index is 0.626. The number of hydrogen-bond acceptors (Lipinski definition) is 7. The average molecular weight is 222 g/mol. The highest BCUT2D eigenvalue weighted by Gasteiger charge is 2.51. The minimum atomic E-state index is -1.04. The Morgan fingerprint density at radius 1 is 1.00 bits per heavy atom. The molecule has 0 aliphatic carbocycles. The Balaban J connectivity index is 2.19. The highest BCUT2D eigenvalue weighted by atomic mass is 32.2. The maximum absolute atomic E-state index is 11.0. The van der Waals surface area contributed by atoms with Crippen LogP contribution in [0.1, 0.15) is 0 Å². The number of fused-ring (bicyclic) bond motifs is 1. The van der Waals surface area contributed by atoms with Crippen LogP contribution in [-0.4, -0.2) is 43.5 Å². The van der Waals surface area contributed by atoms with Gasteiger partial charge in [0.25, 0.3) is 0 Å². The molecule has 2 rings (SSSR count). The molecule has 0 aromatic carbocycles. The molecule has 0 radical (unpaired) electrons. The van der Waals surface area contributed by atoms with Crippen LogP contribution < -0.4 is 0 Å². The molecule has 72 valence electrons. The van der Waals surface area contributed by atoms with Crippen LogP contribution in [0.3, 0.4) is 0 Å². The lowest BCUT2D eigenvalue weighted by Gasteiger charge is -2.27. The van der Waals surface area contributed by atoms with E-state index in [9.17, 15) is 19.8 Å². The summed E-state index contributed by atoms with van der Waals surface area (Å²) in [5.74, 6) is -1.25. The summed E-state index contributed by atoms with van der Waals surface area (Å²) in [5, 5.41) is 17.1. The van der Waals surface area contributed by atoms with Crippen LogP contribution in [0.5, 0.6) is 0 Å². The van der Waals surface area contributed by atoms with Gasteiger partial charge in [0, 0.05) is 0 Å². The number of hydrogen-bond donors (Lipinski definition) is 2. The molecular formula is C6H6O5S2. The van der Waals surface area contributed by atoms with Crippen molar-refractivity contribution in [3.63, 3.8) is 0 Å². The molecule has 7 heteroatoms. The van der Waals surface area contributed by atoms with Crippen molar-refractivity contribution < 1.29 is 24.5 Å². The lowest BCUT2D eigenvalue weighted by atomic mass is 10.3. The van der Waals surface area contributed by atoms with Crippen LogP contribution in [0.4, 0.5) is 0 Å². The highest BCUT2D eigenvalue weighted by Crippen LogP contribution is 2.42. The van der Waals surface area contributed by atoms with Gasteiger partial charge in [0.2, 0.25) is 0 Å². The molecule has 13 heavy (non-hydrogen) atoms. The lowest BCUT2D eigenvalue weighted by Crippen LogP contribution is -2.37. The summed E-state index contributed by atoms with van der Waals surface area (Å²) < 4.78 is 4.36. The molecule has 4 atom stereocenters. The van der Waals surface area contributed by atoms with Crippen LogP contribution >= 0.6 is 23.5 Å². The summed E-state index contributed by atoms with van der Waals surface area (Å²) >= 11 is 1.73. The van der Waals surface area contributed by atoms with Crippen molar-refractivity contribution >= 4 is 35.5 Å². The number of carbonyl (C=O) groups is 2. The molecule has 5 nitrogen and oxygen atoms in total. The average Bonchev–Trinajstić information content (AvgIpc) is 2.31. The Bertz CT molecular complexity index is 242. The van der Waals surface area contributed by atoms with Gasteiger partial charge in [0.1, 0.15) is 21.4 Å². The van der Waals surface area contributed by atoms with Crippen molar-refractivity contribution in [2.75, 3.05) is 0 Å². The van der Waals surface area contributed by atoms with Crippen LogP contribution in [0, 0.1) is 0 Å². The van der Waals surface area contributed by atoms with Gasteiger partial charge in [0.15, 0.2) is 0 Å². The maximum atomic E-state index is 11.0. The quantitative estimate of drug-likeness (QED) is 0.398. The molecule has 4 unspecified atom stereocenters. The molecule has 2 aliphatic rings. The third-order valence-electron chi connectivity index (χ3n) is 1.76. The first kappa shape index (κ1) is 9.32. The molecule has 2 N–H and O–H groups in total. The van der Waals surface area contributed by atoms with Gasteiger partial charge in [-0.1, -0.05) is 0 Å². The first-order valence-electron chi connectivity index (χ1n) is 3.52. The number of aliphatic hydroxyl groups is 2. The van der Waals surface area contributed by atoms with Crippen molar-refractivity contribution in [1.82, 2.24) is 0 Å². The Labute approximate surface area is 81.8 Å². The molecule has 0 spiro atoms. The van der Waals surface area contributed by atoms with Gasteiger partial charge >= 0.3 is 11.9 Å². The standard InChI is InChI=1S/C6H6O5S2/c7-3-1-2(4(8)11-3)13-6(10)5(9)12-1/h1-2,5-6,9-10H. The fraction of sp³-hybridized carbons (Fsp3) is 0.667. The van der Waals surface area contributed by atoms with Crippen molar-refractivity contribution in [2.24, 2.45) is 0 Å². The first-order chi connectivity index (χ1) is 6.09. The zero-order valence-electron chi connectivity index (χ0n) is 6.25. The van der Waals surface area contributed by atoms with E-state index in [-0.39, 0.29) is 0 Å². The fourth-order valence-corrected chi connectivity index (χ4v) is 3.62. The predicted octanol–water partition coefficient (Wildman–Crippen LogP) is -1.08. The Kier molecular flexibility index (Phi) is 2.26. The zero-order valence-corrected chi connectivity index (χ0v) is 7.88. The van der Waals surface area contributed by atoms with E-state index in [0.717, 1.165) is 23.5 Å². The second-order valence-electron chi connectivity index (χ2n) is 2.63. The summed E-state index contributed by atoms with van der Waals surface area (Å²) in [4.78, 5) is 22.0. The van der Waals surface area contributed by atoms with E-state index in [4.69, 9.17) is 0 Å². The fourth-order valence-electron chi connectivity index (χ4n) is 1.15. The van der Waals surface area contributed by atoms with Gasteiger partial charge in [-0.25, -0.2) is 0 Å². The van der Waals surface area contributed by atoms with Crippen LogP contribution in [0.15, 0.2) is 0 Å². The Morgan fingerprint density at radius 2 is 1.38 bits per heavy atom. The molecule has 0 amide bonds. The van der Waals surface area contributed by atoms with Gasteiger partial charge in [0.05, 0.1) is 0 Å². The monoisotopic (exact) mass is 222 g/mol. The molecule has 0 aromatic rings. The van der Waals surface area contributed by atoms with Crippen LogP contribution in [0.2, 0.25) is 0 Å². The molecule has 2 aliphatic heterocycles.